The van der Waals surface area contributed by atoms with Crippen molar-refractivity contribution in [3.05, 3.63) is 23.8 Å². The molecule has 1 heterocycles. The molecule has 0 amide bonds. The molecule has 0 spiro atoms. The van der Waals surface area contributed by atoms with Gasteiger partial charge in [-0.15, -0.1) is 0 Å². The summed E-state index contributed by atoms with van der Waals surface area (Å²) in [4.78, 5) is 8.34. The van der Waals surface area contributed by atoms with Crippen LogP contribution in [0.1, 0.15) is 18.4 Å². The van der Waals surface area contributed by atoms with E-state index in [0.717, 1.165) is 12.2 Å². The highest BCUT2D eigenvalue weighted by molar-refractivity contribution is 5.02. The first kappa shape index (κ1) is 13.9. The third-order valence-corrected chi connectivity index (χ3v) is 2.03. The Balaban J connectivity index is 2.32. The summed E-state index contributed by atoms with van der Waals surface area (Å²) in [6.45, 7) is 3.26. The van der Waals surface area contributed by atoms with Gasteiger partial charge in [-0.2, -0.15) is 0 Å². The first-order valence-corrected chi connectivity index (χ1v) is 5.59. The van der Waals surface area contributed by atoms with E-state index in [9.17, 15) is 8.78 Å². The van der Waals surface area contributed by atoms with Gasteiger partial charge >= 0.3 is 0 Å². The Kier molecular flexibility index (Phi) is 6.57. The number of nitrogens with one attached hydrogen (secondary N) is 1. The summed E-state index contributed by atoms with van der Waals surface area (Å²) in [7, 11) is 0. The average Bonchev–Trinajstić information content (AvgIpc) is 2.32. The number of alkyl halides is 2. The Bertz CT molecular complexity index is 323. The summed E-state index contributed by atoms with van der Waals surface area (Å²) in [6.07, 6.45) is -0.301. The highest BCUT2D eigenvalue weighted by atomic mass is 19.3. The maximum atomic E-state index is 11.8. The Hall–Kier alpha value is -1.14. The van der Waals surface area contributed by atoms with Gasteiger partial charge in [0.2, 0.25) is 0 Å². The monoisotopic (exact) mass is 245 g/mol. The van der Waals surface area contributed by atoms with Crippen molar-refractivity contribution in [2.45, 2.75) is 26.3 Å². The van der Waals surface area contributed by atoms with Crippen LogP contribution in [0.3, 0.4) is 0 Å². The number of halogens is 2. The third-order valence-electron chi connectivity index (χ3n) is 2.03. The Morgan fingerprint density at radius 3 is 3.00 bits per heavy atom. The normalized spacial score (nSPS) is 11.1. The smallest absolute Gasteiger partial charge is 0.261 e. The fourth-order valence-corrected chi connectivity index (χ4v) is 1.25. The molecule has 1 aromatic heterocycles. The second-order valence-electron chi connectivity index (χ2n) is 3.46. The second-order valence-corrected chi connectivity index (χ2v) is 3.46. The molecule has 17 heavy (non-hydrogen) atoms. The SMILES string of the molecule is CCNCc1ccnc(CCOCC(F)F)n1. The van der Waals surface area contributed by atoms with E-state index in [4.69, 9.17) is 4.74 Å². The number of rotatable bonds is 8. The molecule has 0 fully saturated rings. The summed E-state index contributed by atoms with van der Waals surface area (Å²) in [5.74, 6) is 0.620. The van der Waals surface area contributed by atoms with Crippen LogP contribution in [-0.2, 0) is 17.7 Å². The lowest BCUT2D eigenvalue weighted by atomic mass is 10.3. The number of hydrogen-bond acceptors (Lipinski definition) is 4. The van der Waals surface area contributed by atoms with Gasteiger partial charge in [0.05, 0.1) is 12.3 Å². The number of ether oxygens (including phenoxy) is 1. The molecular weight excluding hydrogens is 228 g/mol. The lowest BCUT2D eigenvalue weighted by molar-refractivity contribution is 0.0182. The zero-order valence-corrected chi connectivity index (χ0v) is 9.83. The minimum absolute atomic E-state index is 0.217. The summed E-state index contributed by atoms with van der Waals surface area (Å²) in [5.41, 5.74) is 0.894. The fourth-order valence-electron chi connectivity index (χ4n) is 1.25. The van der Waals surface area contributed by atoms with Crippen molar-refractivity contribution >= 4 is 0 Å². The van der Waals surface area contributed by atoms with Crippen LogP contribution in [-0.4, -0.2) is 36.2 Å². The zero-order valence-electron chi connectivity index (χ0n) is 9.83. The molecule has 96 valence electrons. The molecule has 0 saturated heterocycles. The highest BCUT2D eigenvalue weighted by Gasteiger charge is 2.03. The van der Waals surface area contributed by atoms with Crippen LogP contribution in [0.4, 0.5) is 8.78 Å². The molecule has 0 aromatic carbocycles. The topological polar surface area (TPSA) is 47.0 Å². The Morgan fingerprint density at radius 2 is 2.29 bits per heavy atom. The quantitative estimate of drug-likeness (QED) is 0.703. The molecule has 0 saturated carbocycles. The minimum Gasteiger partial charge on any atom is -0.375 e. The van der Waals surface area contributed by atoms with E-state index in [-0.39, 0.29) is 6.61 Å². The first-order valence-electron chi connectivity index (χ1n) is 5.59. The Morgan fingerprint density at radius 1 is 1.47 bits per heavy atom. The fraction of sp³-hybridized carbons (Fsp3) is 0.636. The maximum absolute atomic E-state index is 11.8. The molecule has 4 nitrogen and oxygen atoms in total. The molecule has 1 rings (SSSR count). The van der Waals surface area contributed by atoms with Crippen molar-refractivity contribution in [1.29, 1.82) is 0 Å². The predicted octanol–water partition coefficient (Wildman–Crippen LogP) is 1.41. The van der Waals surface area contributed by atoms with Crippen LogP contribution in [0.15, 0.2) is 12.3 Å². The zero-order chi connectivity index (χ0) is 12.5. The standard InChI is InChI=1S/C11H17F2N3O/c1-2-14-7-9-3-5-15-11(16-9)4-6-17-8-10(12)13/h3,5,10,14H,2,4,6-8H2,1H3. The van der Waals surface area contributed by atoms with Gasteiger partial charge in [-0.3, -0.25) is 0 Å². The van der Waals surface area contributed by atoms with E-state index in [0.29, 0.717) is 18.8 Å². The molecule has 1 aromatic rings. The lowest BCUT2D eigenvalue weighted by Crippen LogP contribution is -2.14. The molecular formula is C11H17F2N3O. The molecule has 0 aliphatic carbocycles. The van der Waals surface area contributed by atoms with Crippen LogP contribution in [0.25, 0.3) is 0 Å². The molecule has 0 atom stereocenters. The van der Waals surface area contributed by atoms with Gasteiger partial charge in [0, 0.05) is 19.2 Å². The Labute approximate surface area is 99.4 Å². The second kappa shape index (κ2) is 8.03. The van der Waals surface area contributed by atoms with Gasteiger partial charge in [-0.25, -0.2) is 18.7 Å². The third kappa shape index (κ3) is 6.23. The first-order chi connectivity index (χ1) is 8.22. The van der Waals surface area contributed by atoms with Crippen LogP contribution in [0.5, 0.6) is 0 Å². The lowest BCUT2D eigenvalue weighted by Gasteiger charge is -2.05. The van der Waals surface area contributed by atoms with Crippen LogP contribution in [0.2, 0.25) is 0 Å². The van der Waals surface area contributed by atoms with E-state index >= 15 is 0 Å². The average molecular weight is 245 g/mol. The van der Waals surface area contributed by atoms with E-state index < -0.39 is 13.0 Å². The van der Waals surface area contributed by atoms with Crippen molar-refractivity contribution in [1.82, 2.24) is 15.3 Å². The van der Waals surface area contributed by atoms with Gasteiger partial charge in [0.15, 0.2) is 0 Å². The molecule has 6 heteroatoms. The van der Waals surface area contributed by atoms with Crippen LogP contribution < -0.4 is 5.32 Å². The van der Waals surface area contributed by atoms with Gasteiger partial charge in [-0.1, -0.05) is 6.92 Å². The van der Waals surface area contributed by atoms with Crippen molar-refractivity contribution in [2.24, 2.45) is 0 Å². The molecule has 0 unspecified atom stereocenters. The van der Waals surface area contributed by atoms with E-state index in [1.807, 2.05) is 13.0 Å². The van der Waals surface area contributed by atoms with E-state index in [2.05, 4.69) is 15.3 Å². The molecule has 1 N–H and O–H groups in total. The van der Waals surface area contributed by atoms with Gasteiger partial charge in [0.25, 0.3) is 6.43 Å². The summed E-state index contributed by atoms with van der Waals surface area (Å²) >= 11 is 0. The minimum atomic E-state index is -2.42. The van der Waals surface area contributed by atoms with Crippen molar-refractivity contribution in [2.75, 3.05) is 19.8 Å². The van der Waals surface area contributed by atoms with Gasteiger partial charge in [0.1, 0.15) is 12.4 Å². The summed E-state index contributed by atoms with van der Waals surface area (Å²) in [6, 6.07) is 1.83. The van der Waals surface area contributed by atoms with Crippen LogP contribution >= 0.6 is 0 Å². The van der Waals surface area contributed by atoms with Gasteiger partial charge < -0.3 is 10.1 Å². The summed E-state index contributed by atoms with van der Waals surface area (Å²) in [5, 5.41) is 3.15. The van der Waals surface area contributed by atoms with Crippen molar-refractivity contribution in [3.8, 4) is 0 Å². The number of aromatic nitrogens is 2. The largest absolute Gasteiger partial charge is 0.375 e. The molecule has 0 aliphatic heterocycles. The summed E-state index contributed by atoms with van der Waals surface area (Å²) < 4.78 is 28.4. The number of hydrogen-bond donors (Lipinski definition) is 1. The van der Waals surface area contributed by atoms with Crippen LogP contribution in [0, 0.1) is 0 Å². The highest BCUT2D eigenvalue weighted by Crippen LogP contribution is 1.98. The molecule has 0 bridgehead atoms. The molecule has 0 aliphatic rings. The number of nitrogens with zero attached hydrogens (tertiary/aromatic N) is 2. The van der Waals surface area contributed by atoms with Crippen molar-refractivity contribution < 1.29 is 13.5 Å². The van der Waals surface area contributed by atoms with E-state index in [1.165, 1.54) is 0 Å². The molecule has 0 radical (unpaired) electrons. The van der Waals surface area contributed by atoms with Crippen molar-refractivity contribution in [3.63, 3.8) is 0 Å². The predicted molar refractivity (Wildman–Crippen MR) is 59.9 cm³/mol. The van der Waals surface area contributed by atoms with Gasteiger partial charge in [-0.05, 0) is 12.6 Å². The maximum Gasteiger partial charge on any atom is 0.261 e. The van der Waals surface area contributed by atoms with E-state index in [1.54, 1.807) is 6.20 Å².